The second-order valence-corrected chi connectivity index (χ2v) is 5.11. The van der Waals surface area contributed by atoms with Gasteiger partial charge in [0.25, 0.3) is 11.2 Å². The molecular formula is C13H14N4O4. The Bertz CT molecular complexity index is 684. The quantitative estimate of drug-likeness (QED) is 0.627. The van der Waals surface area contributed by atoms with Gasteiger partial charge in [-0.15, -0.1) is 0 Å². The highest BCUT2D eigenvalue weighted by atomic mass is 16.6. The summed E-state index contributed by atoms with van der Waals surface area (Å²) in [6.45, 7) is 1.54. The van der Waals surface area contributed by atoms with Gasteiger partial charge in [0.1, 0.15) is 18.2 Å². The van der Waals surface area contributed by atoms with Crippen molar-refractivity contribution < 1.29 is 9.72 Å². The van der Waals surface area contributed by atoms with E-state index in [4.69, 9.17) is 5.26 Å². The van der Waals surface area contributed by atoms with Crippen LogP contribution in [0.4, 0.5) is 5.69 Å². The molecule has 1 aromatic rings. The minimum atomic E-state index is -0.711. The average molecular weight is 290 g/mol. The van der Waals surface area contributed by atoms with Crippen LogP contribution in [0.25, 0.3) is 0 Å². The Balaban J connectivity index is 2.20. The van der Waals surface area contributed by atoms with Crippen LogP contribution in [0.15, 0.2) is 17.1 Å². The number of nitrogens with zero attached hydrogens (tertiary/aromatic N) is 3. The Kier molecular flexibility index (Phi) is 4.03. The van der Waals surface area contributed by atoms with Gasteiger partial charge in [0.2, 0.25) is 5.91 Å². The van der Waals surface area contributed by atoms with Gasteiger partial charge in [-0.1, -0.05) is 0 Å². The fourth-order valence-electron chi connectivity index (χ4n) is 2.09. The number of carbonyl (C=O) groups is 1. The molecule has 2 rings (SSSR count). The summed E-state index contributed by atoms with van der Waals surface area (Å²) in [6, 6.07) is 2.53. The van der Waals surface area contributed by atoms with Gasteiger partial charge in [-0.05, 0) is 25.7 Å². The molecule has 1 aliphatic rings. The lowest BCUT2D eigenvalue weighted by molar-refractivity contribution is -0.385. The summed E-state index contributed by atoms with van der Waals surface area (Å²) < 4.78 is 0.894. The van der Waals surface area contributed by atoms with Gasteiger partial charge in [0.05, 0.1) is 11.1 Å². The van der Waals surface area contributed by atoms with Gasteiger partial charge >= 0.3 is 0 Å². The number of amides is 1. The minimum Gasteiger partial charge on any atom is -0.352 e. The molecule has 8 heteroatoms. The van der Waals surface area contributed by atoms with Crippen LogP contribution in [0.3, 0.4) is 0 Å². The summed E-state index contributed by atoms with van der Waals surface area (Å²) in [5.74, 6) is 0.0614. The molecule has 0 aliphatic heterocycles. The van der Waals surface area contributed by atoms with Gasteiger partial charge < -0.3 is 5.32 Å². The van der Waals surface area contributed by atoms with Crippen molar-refractivity contribution in [2.45, 2.75) is 32.4 Å². The maximum atomic E-state index is 11.9. The Morgan fingerprint density at radius 2 is 2.33 bits per heavy atom. The Labute approximate surface area is 120 Å². The van der Waals surface area contributed by atoms with Gasteiger partial charge in [-0.25, -0.2) is 0 Å². The van der Waals surface area contributed by atoms with E-state index in [1.54, 1.807) is 6.07 Å². The van der Waals surface area contributed by atoms with Crippen molar-refractivity contribution in [1.82, 2.24) is 9.88 Å². The molecule has 0 radical (unpaired) electrons. The first kappa shape index (κ1) is 14.7. The van der Waals surface area contributed by atoms with E-state index in [9.17, 15) is 19.7 Å². The summed E-state index contributed by atoms with van der Waals surface area (Å²) >= 11 is 0. The molecular weight excluding hydrogens is 276 g/mol. The lowest BCUT2D eigenvalue weighted by Crippen LogP contribution is -2.38. The largest absolute Gasteiger partial charge is 0.352 e. The lowest BCUT2D eigenvalue weighted by Gasteiger charge is -2.13. The van der Waals surface area contributed by atoms with Crippen molar-refractivity contribution in [2.24, 2.45) is 5.92 Å². The zero-order valence-corrected chi connectivity index (χ0v) is 11.4. The summed E-state index contributed by atoms with van der Waals surface area (Å²) in [7, 11) is 0. The van der Waals surface area contributed by atoms with Gasteiger partial charge in [-0.3, -0.25) is 24.3 Å². The maximum Gasteiger partial charge on any atom is 0.287 e. The third-order valence-corrected chi connectivity index (χ3v) is 3.43. The number of nitrogens with one attached hydrogen (secondary N) is 1. The number of nitriles is 1. The predicted molar refractivity (Wildman–Crippen MR) is 72.4 cm³/mol. The summed E-state index contributed by atoms with van der Waals surface area (Å²) in [6.07, 6.45) is 3.11. The summed E-state index contributed by atoms with van der Waals surface area (Å²) in [4.78, 5) is 33.8. The molecule has 1 atom stereocenters. The topological polar surface area (TPSA) is 118 Å². The van der Waals surface area contributed by atoms with Crippen molar-refractivity contribution in [3.8, 4) is 6.07 Å². The van der Waals surface area contributed by atoms with E-state index >= 15 is 0 Å². The van der Waals surface area contributed by atoms with Crippen LogP contribution in [0, 0.1) is 27.4 Å². The van der Waals surface area contributed by atoms with Crippen LogP contribution in [0.1, 0.15) is 25.3 Å². The molecule has 8 nitrogen and oxygen atoms in total. The smallest absolute Gasteiger partial charge is 0.287 e. The first-order chi connectivity index (χ1) is 9.92. The highest BCUT2D eigenvalue weighted by Crippen LogP contribution is 2.32. The van der Waals surface area contributed by atoms with E-state index in [2.05, 4.69) is 5.32 Å². The summed E-state index contributed by atoms with van der Waals surface area (Å²) in [5, 5.41) is 22.3. The van der Waals surface area contributed by atoms with Crippen LogP contribution in [-0.2, 0) is 11.3 Å². The number of pyridine rings is 1. The standard InChI is InChI=1S/C13H14N4O4/c1-8(9-2-3-9)15-12(18)7-16-6-11(17(20)21)4-10(5-14)13(16)19/h4,6,8-9H,2-3,7H2,1H3,(H,15,18)/t8-/m0/s1. The van der Waals surface area contributed by atoms with E-state index in [1.807, 2.05) is 6.92 Å². The third kappa shape index (κ3) is 3.45. The first-order valence-corrected chi connectivity index (χ1v) is 6.50. The minimum absolute atomic E-state index is 0.0161. The molecule has 0 unspecified atom stereocenters. The van der Waals surface area contributed by atoms with Crippen LogP contribution >= 0.6 is 0 Å². The number of hydrogen-bond donors (Lipinski definition) is 1. The van der Waals surface area contributed by atoms with E-state index in [-0.39, 0.29) is 18.2 Å². The zero-order chi connectivity index (χ0) is 15.6. The molecule has 1 amide bonds. The Morgan fingerprint density at radius 3 is 2.86 bits per heavy atom. The third-order valence-electron chi connectivity index (χ3n) is 3.43. The number of rotatable bonds is 5. The van der Waals surface area contributed by atoms with Crippen LogP contribution in [0.5, 0.6) is 0 Å². The molecule has 1 aromatic heterocycles. The molecule has 110 valence electrons. The molecule has 1 fully saturated rings. The highest BCUT2D eigenvalue weighted by molar-refractivity contribution is 5.76. The van der Waals surface area contributed by atoms with Crippen molar-refractivity contribution in [1.29, 1.82) is 5.26 Å². The molecule has 0 bridgehead atoms. The van der Waals surface area contributed by atoms with Gasteiger partial charge in [0.15, 0.2) is 0 Å². The Hall–Kier alpha value is -2.69. The van der Waals surface area contributed by atoms with E-state index in [0.29, 0.717) is 5.92 Å². The van der Waals surface area contributed by atoms with E-state index in [1.165, 1.54) is 0 Å². The van der Waals surface area contributed by atoms with Crippen LogP contribution < -0.4 is 10.9 Å². The van der Waals surface area contributed by atoms with E-state index in [0.717, 1.165) is 29.7 Å². The fourth-order valence-corrected chi connectivity index (χ4v) is 2.09. The normalized spacial score (nSPS) is 15.0. The van der Waals surface area contributed by atoms with Crippen molar-refractivity contribution in [3.05, 3.63) is 38.3 Å². The number of hydrogen-bond acceptors (Lipinski definition) is 5. The zero-order valence-electron chi connectivity index (χ0n) is 11.4. The second kappa shape index (κ2) is 5.75. The number of carbonyl (C=O) groups excluding carboxylic acids is 1. The highest BCUT2D eigenvalue weighted by Gasteiger charge is 2.29. The molecule has 1 N–H and O–H groups in total. The van der Waals surface area contributed by atoms with Crippen molar-refractivity contribution in [2.75, 3.05) is 0 Å². The average Bonchev–Trinajstić information content (AvgIpc) is 3.25. The number of nitro groups is 1. The monoisotopic (exact) mass is 290 g/mol. The number of aromatic nitrogens is 1. The molecule has 1 aliphatic carbocycles. The predicted octanol–water partition coefficient (Wildman–Crippen LogP) is 0.543. The summed E-state index contributed by atoms with van der Waals surface area (Å²) in [5.41, 5.74) is -1.46. The fraction of sp³-hybridized carbons (Fsp3) is 0.462. The molecule has 0 aromatic carbocycles. The van der Waals surface area contributed by atoms with Gasteiger partial charge in [-0.2, -0.15) is 5.26 Å². The molecule has 1 heterocycles. The van der Waals surface area contributed by atoms with Gasteiger partial charge in [0, 0.05) is 12.1 Å². The Morgan fingerprint density at radius 1 is 1.67 bits per heavy atom. The molecule has 0 saturated heterocycles. The van der Waals surface area contributed by atoms with Crippen molar-refractivity contribution in [3.63, 3.8) is 0 Å². The molecule has 21 heavy (non-hydrogen) atoms. The maximum absolute atomic E-state index is 11.9. The van der Waals surface area contributed by atoms with Crippen LogP contribution in [-0.4, -0.2) is 21.4 Å². The van der Waals surface area contributed by atoms with E-state index < -0.39 is 22.1 Å². The molecule has 1 saturated carbocycles. The lowest BCUT2D eigenvalue weighted by atomic mass is 10.2. The second-order valence-electron chi connectivity index (χ2n) is 5.11. The van der Waals surface area contributed by atoms with Crippen LogP contribution in [0.2, 0.25) is 0 Å². The first-order valence-electron chi connectivity index (χ1n) is 6.50. The van der Waals surface area contributed by atoms with Crippen molar-refractivity contribution >= 4 is 11.6 Å². The SMILES string of the molecule is C[C@H](NC(=O)Cn1cc([N+](=O)[O-])cc(C#N)c1=O)C1CC1. The molecule has 0 spiro atoms.